The van der Waals surface area contributed by atoms with Crippen molar-refractivity contribution in [2.24, 2.45) is 0 Å². The lowest BCUT2D eigenvalue weighted by molar-refractivity contribution is -0.142. The molecule has 0 aliphatic rings. The van der Waals surface area contributed by atoms with Gasteiger partial charge in [-0.3, -0.25) is 9.59 Å². The summed E-state index contributed by atoms with van der Waals surface area (Å²) in [6, 6.07) is 9.39. The van der Waals surface area contributed by atoms with Gasteiger partial charge in [-0.05, 0) is 56.5 Å². The lowest BCUT2D eigenvalue weighted by atomic mass is 10.1. The summed E-state index contributed by atoms with van der Waals surface area (Å²) in [5.41, 5.74) is 1.03. The van der Waals surface area contributed by atoms with E-state index in [2.05, 4.69) is 6.92 Å². The molecule has 188 valence electrons. The Hall–Kier alpha value is -2.96. The van der Waals surface area contributed by atoms with Gasteiger partial charge in [0.15, 0.2) is 11.5 Å². The minimum absolute atomic E-state index is 0.0392. The third kappa shape index (κ3) is 8.43. The molecule has 2 aromatic rings. The van der Waals surface area contributed by atoms with Gasteiger partial charge >= 0.3 is 0 Å². The van der Waals surface area contributed by atoms with Gasteiger partial charge in [0.2, 0.25) is 11.8 Å². The highest BCUT2D eigenvalue weighted by atomic mass is 16.5. The standard InChI is InChI=1S/C27H40N2O5/c1-6-7-8-9-12-26(30)29(21(2)3)20-27(31)28(19-23-11-10-17-34-23)16-15-22-13-14-24(32-4)25(18-22)33-5/h10-11,13-14,17-18,21H,6-9,12,15-16,19-20H2,1-5H3. The molecule has 7 heteroatoms. The number of rotatable bonds is 15. The molecule has 0 fully saturated rings. The molecule has 1 heterocycles. The van der Waals surface area contributed by atoms with E-state index in [9.17, 15) is 9.59 Å². The lowest BCUT2D eigenvalue weighted by Crippen LogP contribution is -2.46. The Balaban J connectivity index is 2.09. The minimum Gasteiger partial charge on any atom is -0.493 e. The van der Waals surface area contributed by atoms with Gasteiger partial charge in [0.1, 0.15) is 5.76 Å². The van der Waals surface area contributed by atoms with Crippen LogP contribution in [-0.4, -0.2) is 55.0 Å². The Morgan fingerprint density at radius 1 is 1.00 bits per heavy atom. The summed E-state index contributed by atoms with van der Waals surface area (Å²) < 4.78 is 16.2. The number of furan rings is 1. The van der Waals surface area contributed by atoms with E-state index >= 15 is 0 Å². The normalized spacial score (nSPS) is 10.9. The maximum atomic E-state index is 13.4. The first-order chi connectivity index (χ1) is 16.4. The van der Waals surface area contributed by atoms with E-state index in [1.54, 1.807) is 30.3 Å². The second-order valence-corrected chi connectivity index (χ2v) is 8.76. The molecule has 1 aromatic carbocycles. The zero-order valence-electron chi connectivity index (χ0n) is 21.3. The maximum Gasteiger partial charge on any atom is 0.242 e. The molecule has 0 atom stereocenters. The van der Waals surface area contributed by atoms with Crippen molar-refractivity contribution < 1.29 is 23.5 Å². The number of unbranched alkanes of at least 4 members (excludes halogenated alkanes) is 3. The van der Waals surface area contributed by atoms with E-state index < -0.39 is 0 Å². The van der Waals surface area contributed by atoms with Crippen molar-refractivity contribution in [3.8, 4) is 11.5 Å². The summed E-state index contributed by atoms with van der Waals surface area (Å²) in [5.74, 6) is 1.98. The van der Waals surface area contributed by atoms with Crippen LogP contribution < -0.4 is 9.47 Å². The zero-order valence-corrected chi connectivity index (χ0v) is 21.3. The summed E-state index contributed by atoms with van der Waals surface area (Å²) >= 11 is 0. The molecule has 0 N–H and O–H groups in total. The Morgan fingerprint density at radius 3 is 2.38 bits per heavy atom. The van der Waals surface area contributed by atoms with Crippen LogP contribution in [0.5, 0.6) is 11.5 Å². The number of carbonyl (C=O) groups excluding carboxylic acids is 2. The topological polar surface area (TPSA) is 72.2 Å². The molecule has 0 saturated carbocycles. The van der Waals surface area contributed by atoms with Crippen molar-refractivity contribution in [1.82, 2.24) is 9.80 Å². The summed E-state index contributed by atoms with van der Waals surface area (Å²) in [5, 5.41) is 0. The summed E-state index contributed by atoms with van der Waals surface area (Å²) in [6.45, 7) is 6.98. The lowest BCUT2D eigenvalue weighted by Gasteiger charge is -2.30. The molecule has 0 aliphatic carbocycles. The molecule has 2 amide bonds. The molecule has 2 rings (SSSR count). The molecule has 0 aliphatic heterocycles. The zero-order chi connectivity index (χ0) is 24.9. The number of ether oxygens (including phenoxy) is 2. The fourth-order valence-corrected chi connectivity index (χ4v) is 3.83. The number of hydrogen-bond donors (Lipinski definition) is 0. The molecule has 0 bridgehead atoms. The minimum atomic E-state index is -0.0903. The van der Waals surface area contributed by atoms with Crippen molar-refractivity contribution in [1.29, 1.82) is 0 Å². The quantitative estimate of drug-likeness (QED) is 0.338. The summed E-state index contributed by atoms with van der Waals surface area (Å²) in [6.07, 6.45) is 6.88. The second kappa shape index (κ2) is 14.3. The van der Waals surface area contributed by atoms with E-state index in [0.29, 0.717) is 43.2 Å². The molecule has 7 nitrogen and oxygen atoms in total. The second-order valence-electron chi connectivity index (χ2n) is 8.76. The van der Waals surface area contributed by atoms with Crippen LogP contribution in [0, 0.1) is 0 Å². The number of benzene rings is 1. The van der Waals surface area contributed by atoms with Gasteiger partial charge in [-0.1, -0.05) is 32.3 Å². The molecule has 0 saturated heterocycles. The van der Waals surface area contributed by atoms with Crippen LogP contribution in [0.15, 0.2) is 41.0 Å². The predicted octanol–water partition coefficient (Wildman–Crippen LogP) is 5.08. The first-order valence-corrected chi connectivity index (χ1v) is 12.2. The number of amides is 2. The first-order valence-electron chi connectivity index (χ1n) is 12.2. The van der Waals surface area contributed by atoms with Crippen molar-refractivity contribution in [3.05, 3.63) is 47.9 Å². The molecule has 0 spiro atoms. The SMILES string of the molecule is CCCCCCC(=O)N(CC(=O)N(CCc1ccc(OC)c(OC)c1)Cc1ccco1)C(C)C. The van der Waals surface area contributed by atoms with Gasteiger partial charge in [-0.25, -0.2) is 0 Å². The van der Waals surface area contributed by atoms with Crippen LogP contribution >= 0.6 is 0 Å². The largest absolute Gasteiger partial charge is 0.493 e. The van der Waals surface area contributed by atoms with E-state index in [1.165, 1.54) is 0 Å². The number of hydrogen-bond acceptors (Lipinski definition) is 5. The molecule has 34 heavy (non-hydrogen) atoms. The molecule has 1 aromatic heterocycles. The van der Waals surface area contributed by atoms with E-state index in [4.69, 9.17) is 13.9 Å². The average Bonchev–Trinajstić information content (AvgIpc) is 3.35. The van der Waals surface area contributed by atoms with E-state index in [1.807, 2.05) is 44.2 Å². The van der Waals surface area contributed by atoms with Crippen molar-refractivity contribution in [2.45, 2.75) is 71.9 Å². The Kier molecular flexibility index (Phi) is 11.5. The number of methoxy groups -OCH3 is 2. The van der Waals surface area contributed by atoms with Crippen LogP contribution in [0.2, 0.25) is 0 Å². The molecular weight excluding hydrogens is 432 g/mol. The highest BCUT2D eigenvalue weighted by Crippen LogP contribution is 2.27. The van der Waals surface area contributed by atoms with Crippen LogP contribution in [0.25, 0.3) is 0 Å². The third-order valence-electron chi connectivity index (χ3n) is 5.89. The van der Waals surface area contributed by atoms with Gasteiger partial charge in [-0.2, -0.15) is 0 Å². The van der Waals surface area contributed by atoms with Gasteiger partial charge in [0, 0.05) is 19.0 Å². The van der Waals surface area contributed by atoms with Gasteiger partial charge in [0.25, 0.3) is 0 Å². The van der Waals surface area contributed by atoms with Crippen molar-refractivity contribution >= 4 is 11.8 Å². The highest BCUT2D eigenvalue weighted by molar-refractivity contribution is 5.85. The van der Waals surface area contributed by atoms with Gasteiger partial charge < -0.3 is 23.7 Å². The van der Waals surface area contributed by atoms with Gasteiger partial charge in [-0.15, -0.1) is 0 Å². The van der Waals surface area contributed by atoms with E-state index in [-0.39, 0.29) is 24.4 Å². The fourth-order valence-electron chi connectivity index (χ4n) is 3.83. The van der Waals surface area contributed by atoms with Crippen LogP contribution in [0.3, 0.4) is 0 Å². The van der Waals surface area contributed by atoms with Crippen LogP contribution in [0.4, 0.5) is 0 Å². The third-order valence-corrected chi connectivity index (χ3v) is 5.89. The fraction of sp³-hybridized carbons (Fsp3) is 0.556. The van der Waals surface area contributed by atoms with Crippen molar-refractivity contribution in [3.63, 3.8) is 0 Å². The molecule has 0 radical (unpaired) electrons. The van der Waals surface area contributed by atoms with Gasteiger partial charge in [0.05, 0.1) is 33.6 Å². The van der Waals surface area contributed by atoms with Crippen molar-refractivity contribution in [2.75, 3.05) is 27.3 Å². The smallest absolute Gasteiger partial charge is 0.242 e. The van der Waals surface area contributed by atoms with Crippen LogP contribution in [0.1, 0.15) is 64.2 Å². The Labute approximate surface area is 204 Å². The average molecular weight is 473 g/mol. The predicted molar refractivity (Wildman–Crippen MR) is 133 cm³/mol. The maximum absolute atomic E-state index is 13.4. The Morgan fingerprint density at radius 2 is 1.76 bits per heavy atom. The molecule has 0 unspecified atom stereocenters. The first kappa shape index (κ1) is 27.3. The number of carbonyl (C=O) groups is 2. The van der Waals surface area contributed by atoms with Crippen LogP contribution in [-0.2, 0) is 22.6 Å². The Bertz CT molecular complexity index is 879. The van der Waals surface area contributed by atoms with E-state index in [0.717, 1.165) is 31.2 Å². The monoisotopic (exact) mass is 472 g/mol. The summed E-state index contributed by atoms with van der Waals surface area (Å²) in [4.78, 5) is 29.7. The highest BCUT2D eigenvalue weighted by Gasteiger charge is 2.24. The molecular formula is C27H40N2O5. The number of nitrogens with zero attached hydrogens (tertiary/aromatic N) is 2. The summed E-state index contributed by atoms with van der Waals surface area (Å²) in [7, 11) is 3.21.